The van der Waals surface area contributed by atoms with Crippen molar-refractivity contribution in [2.24, 2.45) is 0 Å². The molecule has 0 bridgehead atoms. The van der Waals surface area contributed by atoms with E-state index in [1.807, 2.05) is 32.6 Å². The molecule has 1 heterocycles. The van der Waals surface area contributed by atoms with Crippen molar-refractivity contribution < 1.29 is 45.4 Å². The van der Waals surface area contributed by atoms with Gasteiger partial charge in [-0.2, -0.15) is 26.3 Å². The minimum atomic E-state index is -5.56. The first-order valence-electron chi connectivity index (χ1n) is 9.38. The van der Waals surface area contributed by atoms with Crippen LogP contribution in [0.15, 0.2) is 17.7 Å². The minimum Gasteiger partial charge on any atom is -0.475 e. The monoisotopic (exact) mass is 487 g/mol. The van der Waals surface area contributed by atoms with Crippen molar-refractivity contribution in [2.75, 3.05) is 0 Å². The lowest BCUT2D eigenvalue weighted by Gasteiger charge is -2.32. The lowest BCUT2D eigenvalue weighted by atomic mass is 9.99. The van der Waals surface area contributed by atoms with Crippen LogP contribution in [-0.4, -0.2) is 47.4 Å². The number of hydrogen-bond acceptors (Lipinski definition) is 5. The van der Waals surface area contributed by atoms with E-state index in [9.17, 15) is 35.9 Å². The first kappa shape index (κ1) is 26.0. The number of rotatable bonds is 5. The summed E-state index contributed by atoms with van der Waals surface area (Å²) in [5, 5.41) is 0.152. The number of fused-ring (bicyclic) bond motifs is 1. The number of halogens is 7. The van der Waals surface area contributed by atoms with Gasteiger partial charge in [0.25, 0.3) is 0 Å². The highest BCUT2D eigenvalue weighted by Gasteiger charge is 2.51. The third-order valence-corrected chi connectivity index (χ3v) is 5.00. The summed E-state index contributed by atoms with van der Waals surface area (Å²) in [6.45, 7) is 8.04. The summed E-state index contributed by atoms with van der Waals surface area (Å²) in [6, 6.07) is 2.71. The predicted molar refractivity (Wildman–Crippen MR) is 103 cm³/mol. The van der Waals surface area contributed by atoms with Crippen molar-refractivity contribution in [1.82, 2.24) is 4.90 Å². The Labute approximate surface area is 184 Å². The van der Waals surface area contributed by atoms with E-state index in [-0.39, 0.29) is 28.4 Å². The second-order valence-corrected chi connectivity index (χ2v) is 8.06. The van der Waals surface area contributed by atoms with Crippen molar-refractivity contribution in [2.45, 2.75) is 64.8 Å². The van der Waals surface area contributed by atoms with E-state index >= 15 is 0 Å². The highest BCUT2D eigenvalue weighted by atomic mass is 35.5. The van der Waals surface area contributed by atoms with Crippen molar-refractivity contribution >= 4 is 29.6 Å². The molecule has 0 saturated carbocycles. The molecular formula is C20H20ClF6NO4. The number of ether oxygens (including phenoxy) is 2. The van der Waals surface area contributed by atoms with Crippen LogP contribution in [0.2, 0.25) is 5.02 Å². The third-order valence-electron chi connectivity index (χ3n) is 4.65. The Morgan fingerprint density at radius 2 is 1.66 bits per heavy atom. The molecule has 0 fully saturated rings. The second kappa shape index (κ2) is 9.30. The van der Waals surface area contributed by atoms with Gasteiger partial charge in [-0.05, 0) is 51.5 Å². The van der Waals surface area contributed by atoms with Crippen LogP contribution < -0.4 is 4.74 Å². The van der Waals surface area contributed by atoms with Crippen LogP contribution in [0.5, 0.6) is 5.75 Å². The number of esters is 2. The van der Waals surface area contributed by atoms with Crippen LogP contribution in [0.3, 0.4) is 0 Å². The average Bonchev–Trinajstić information content (AvgIpc) is 2.62. The van der Waals surface area contributed by atoms with Crippen LogP contribution in [0, 0.1) is 0 Å². The van der Waals surface area contributed by atoms with Crippen LogP contribution in [0.25, 0.3) is 6.08 Å². The molecule has 1 atom stereocenters. The molecule has 178 valence electrons. The topological polar surface area (TPSA) is 55.8 Å². The van der Waals surface area contributed by atoms with Crippen LogP contribution >= 0.6 is 11.6 Å². The summed E-state index contributed by atoms with van der Waals surface area (Å²) in [7, 11) is 0. The molecular weight excluding hydrogens is 468 g/mol. The molecule has 0 radical (unpaired) electrons. The zero-order valence-electron chi connectivity index (χ0n) is 17.4. The van der Waals surface area contributed by atoms with Gasteiger partial charge >= 0.3 is 24.3 Å². The van der Waals surface area contributed by atoms with Gasteiger partial charge in [0, 0.05) is 29.2 Å². The number of carbonyl (C=O) groups excluding carboxylic acids is 2. The third kappa shape index (κ3) is 5.94. The molecule has 1 aromatic rings. The lowest BCUT2D eigenvalue weighted by Crippen LogP contribution is -2.42. The quantitative estimate of drug-likeness (QED) is 0.320. The largest absolute Gasteiger partial charge is 0.491 e. The number of nitrogens with zero attached hydrogens (tertiary/aromatic N) is 1. The molecule has 5 nitrogen and oxygen atoms in total. The SMILES string of the molecule is CC(C)N(Cc1cc2c(cc1Cl)C=C(C(=O)OC(=O)C(F)(F)F)C(C(F)(F)F)O2)C(C)C. The molecule has 32 heavy (non-hydrogen) atoms. The summed E-state index contributed by atoms with van der Waals surface area (Å²) >= 11 is 6.26. The van der Waals surface area contributed by atoms with Gasteiger partial charge in [0.2, 0.25) is 6.10 Å². The summed E-state index contributed by atoms with van der Waals surface area (Å²) in [5.74, 6) is -5.32. The van der Waals surface area contributed by atoms with Crippen LogP contribution in [0.1, 0.15) is 38.8 Å². The molecule has 1 aliphatic rings. The maximum absolute atomic E-state index is 13.5. The molecule has 0 aliphatic carbocycles. The normalized spacial score (nSPS) is 16.7. The molecule has 1 unspecified atom stereocenters. The van der Waals surface area contributed by atoms with Crippen LogP contribution in [0.4, 0.5) is 26.3 Å². The van der Waals surface area contributed by atoms with Crippen molar-refractivity contribution in [3.05, 3.63) is 33.9 Å². The van der Waals surface area contributed by atoms with Gasteiger partial charge in [-0.3, -0.25) is 4.90 Å². The second-order valence-electron chi connectivity index (χ2n) is 7.66. The number of benzene rings is 1. The molecule has 12 heteroatoms. The maximum atomic E-state index is 13.5. The fraction of sp³-hybridized carbons (Fsp3) is 0.500. The Kier molecular flexibility index (Phi) is 7.55. The molecule has 2 rings (SSSR count). The minimum absolute atomic E-state index is 0.0775. The zero-order chi connectivity index (χ0) is 24.6. The number of hydrogen-bond donors (Lipinski definition) is 0. The Morgan fingerprint density at radius 3 is 2.12 bits per heavy atom. The van der Waals surface area contributed by atoms with E-state index in [0.717, 1.165) is 0 Å². The van der Waals surface area contributed by atoms with Gasteiger partial charge in [-0.1, -0.05) is 11.6 Å². The molecule has 0 amide bonds. The average molecular weight is 488 g/mol. The first-order chi connectivity index (χ1) is 14.5. The van der Waals surface area contributed by atoms with Crippen LogP contribution in [-0.2, 0) is 20.9 Å². The van der Waals surface area contributed by atoms with E-state index in [1.54, 1.807) is 0 Å². The maximum Gasteiger partial charge on any atom is 0.491 e. The van der Waals surface area contributed by atoms with Gasteiger partial charge in [0.15, 0.2) is 0 Å². The van der Waals surface area contributed by atoms with E-state index in [0.29, 0.717) is 18.2 Å². The standard InChI is InChI=1S/C20H20ClF6NO4/c1-9(2)28(10(3)4)8-12-7-15-11(6-14(12)21)5-13(16(31-15)19(22,23)24)17(29)32-18(30)20(25,26)27/h5-7,9-10,16H,8H2,1-4H3. The van der Waals surface area contributed by atoms with Gasteiger partial charge < -0.3 is 9.47 Å². The summed E-state index contributed by atoms with van der Waals surface area (Å²) in [5.41, 5.74) is -0.927. The molecule has 0 spiro atoms. The van der Waals surface area contributed by atoms with Crippen molar-refractivity contribution in [3.63, 3.8) is 0 Å². The van der Waals surface area contributed by atoms with Crippen molar-refractivity contribution in [3.8, 4) is 5.75 Å². The Bertz CT molecular complexity index is 916. The Balaban J connectivity index is 2.47. The van der Waals surface area contributed by atoms with E-state index in [2.05, 4.69) is 4.74 Å². The van der Waals surface area contributed by atoms with Gasteiger partial charge in [-0.25, -0.2) is 9.59 Å². The zero-order valence-corrected chi connectivity index (χ0v) is 18.2. The number of alkyl halides is 6. The molecule has 1 aromatic carbocycles. The Morgan fingerprint density at radius 1 is 1.09 bits per heavy atom. The first-order valence-corrected chi connectivity index (χ1v) is 9.76. The molecule has 0 saturated heterocycles. The summed E-state index contributed by atoms with van der Waals surface area (Å²) in [6.07, 6.45) is -13.0. The van der Waals surface area contributed by atoms with Gasteiger partial charge in [0.1, 0.15) is 5.75 Å². The highest BCUT2D eigenvalue weighted by Crippen LogP contribution is 2.40. The van der Waals surface area contributed by atoms with Crippen molar-refractivity contribution in [1.29, 1.82) is 0 Å². The van der Waals surface area contributed by atoms with E-state index in [1.165, 1.54) is 12.1 Å². The van der Waals surface area contributed by atoms with Gasteiger partial charge in [0.05, 0.1) is 5.57 Å². The summed E-state index contributed by atoms with van der Waals surface area (Å²) < 4.78 is 86.0. The Hall–Kier alpha value is -2.27. The fourth-order valence-electron chi connectivity index (χ4n) is 3.15. The highest BCUT2D eigenvalue weighted by molar-refractivity contribution is 6.31. The van der Waals surface area contributed by atoms with Gasteiger partial charge in [-0.15, -0.1) is 0 Å². The molecule has 0 N–H and O–H groups in total. The smallest absolute Gasteiger partial charge is 0.475 e. The summed E-state index contributed by atoms with van der Waals surface area (Å²) in [4.78, 5) is 24.9. The van der Waals surface area contributed by atoms with E-state index in [4.69, 9.17) is 16.3 Å². The predicted octanol–water partition coefficient (Wildman–Crippen LogP) is 5.30. The fourth-order valence-corrected chi connectivity index (χ4v) is 3.38. The molecule has 1 aliphatic heterocycles. The number of carbonyl (C=O) groups is 2. The van der Waals surface area contributed by atoms with E-state index < -0.39 is 36.0 Å². The molecule has 0 aromatic heterocycles. The lowest BCUT2D eigenvalue weighted by molar-refractivity contribution is -0.204.